The van der Waals surface area contributed by atoms with Crippen molar-refractivity contribution in [2.75, 3.05) is 7.11 Å². The molecule has 3 aliphatic heterocycles. The Morgan fingerprint density at radius 1 is 1.31 bits per heavy atom. The zero-order valence-electron chi connectivity index (χ0n) is 10.3. The monoisotopic (exact) mass is 228 g/mol. The first-order valence-corrected chi connectivity index (χ1v) is 5.71. The van der Waals surface area contributed by atoms with Crippen molar-refractivity contribution in [3.63, 3.8) is 0 Å². The number of fused-ring (bicyclic) bond motifs is 2. The van der Waals surface area contributed by atoms with Gasteiger partial charge in [0.1, 0.15) is 5.60 Å². The van der Waals surface area contributed by atoms with Crippen LogP contribution in [0.1, 0.15) is 33.6 Å². The Labute approximate surface area is 96.1 Å². The maximum absolute atomic E-state index is 11.9. The van der Waals surface area contributed by atoms with E-state index >= 15 is 0 Å². The molecule has 1 amide bonds. The number of methoxy groups -OCH3 is 1. The zero-order valence-corrected chi connectivity index (χ0v) is 10.3. The van der Waals surface area contributed by atoms with Crippen molar-refractivity contribution in [1.29, 1.82) is 0 Å². The Hall–Kier alpha value is -0.810. The second kappa shape index (κ2) is 3.89. The summed E-state index contributed by atoms with van der Waals surface area (Å²) in [6.07, 6.45) is 1.88. The summed E-state index contributed by atoms with van der Waals surface area (Å²) in [6, 6.07) is 0. The molecular weight excluding hydrogens is 208 g/mol. The molecule has 0 aliphatic carbocycles. The Morgan fingerprint density at radius 3 is 2.31 bits per heavy atom. The Kier molecular flexibility index (Phi) is 2.84. The molecule has 92 valence electrons. The standard InChI is InChI=1S/C11H20N2O3/c1-11(2,3)16-10(14)13-8-5-7(15-4)6-9(13)12-8/h7-9,12H,5-6H2,1-4H3/t7?,8-,9+. The van der Waals surface area contributed by atoms with E-state index in [0.717, 1.165) is 12.8 Å². The van der Waals surface area contributed by atoms with Crippen LogP contribution in [0.4, 0.5) is 4.79 Å². The topological polar surface area (TPSA) is 50.8 Å². The van der Waals surface area contributed by atoms with Crippen LogP contribution in [0.5, 0.6) is 0 Å². The largest absolute Gasteiger partial charge is 0.444 e. The number of rotatable bonds is 1. The van der Waals surface area contributed by atoms with E-state index in [1.807, 2.05) is 20.8 Å². The fourth-order valence-electron chi connectivity index (χ4n) is 2.24. The van der Waals surface area contributed by atoms with E-state index in [-0.39, 0.29) is 24.5 Å². The minimum Gasteiger partial charge on any atom is -0.444 e. The lowest BCUT2D eigenvalue weighted by molar-refractivity contribution is -0.117. The molecule has 0 saturated carbocycles. The summed E-state index contributed by atoms with van der Waals surface area (Å²) in [6.45, 7) is 5.64. The third-order valence-corrected chi connectivity index (χ3v) is 2.97. The molecule has 3 aliphatic rings. The molecule has 5 nitrogen and oxygen atoms in total. The van der Waals surface area contributed by atoms with Gasteiger partial charge in [-0.25, -0.2) is 4.79 Å². The lowest BCUT2D eigenvalue weighted by atomic mass is 9.95. The molecular formula is C11H20N2O3. The van der Waals surface area contributed by atoms with Crippen molar-refractivity contribution in [2.24, 2.45) is 0 Å². The van der Waals surface area contributed by atoms with Crippen LogP contribution in [-0.4, -0.2) is 42.1 Å². The van der Waals surface area contributed by atoms with Gasteiger partial charge in [0.15, 0.2) is 0 Å². The molecule has 0 spiro atoms. The molecule has 0 aromatic carbocycles. The van der Waals surface area contributed by atoms with Gasteiger partial charge in [-0.1, -0.05) is 0 Å². The average molecular weight is 228 g/mol. The molecule has 0 aromatic rings. The predicted octanol–water partition coefficient (Wildman–Crippen LogP) is 1.29. The number of nitrogens with zero attached hydrogens (tertiary/aromatic N) is 1. The summed E-state index contributed by atoms with van der Waals surface area (Å²) in [5.41, 5.74) is -0.429. The Morgan fingerprint density at radius 2 is 1.88 bits per heavy atom. The maximum Gasteiger partial charge on any atom is 0.412 e. The Bertz CT molecular complexity index is 275. The van der Waals surface area contributed by atoms with Crippen molar-refractivity contribution < 1.29 is 14.3 Å². The van der Waals surface area contributed by atoms with Gasteiger partial charge in [0.05, 0.1) is 18.4 Å². The van der Waals surface area contributed by atoms with Gasteiger partial charge in [0.2, 0.25) is 0 Å². The van der Waals surface area contributed by atoms with Gasteiger partial charge in [-0.2, -0.15) is 0 Å². The molecule has 1 unspecified atom stereocenters. The maximum atomic E-state index is 11.9. The molecule has 0 radical (unpaired) electrons. The van der Waals surface area contributed by atoms with Crippen LogP contribution in [0.15, 0.2) is 0 Å². The molecule has 3 rings (SSSR count). The summed E-state index contributed by atoms with van der Waals surface area (Å²) < 4.78 is 10.7. The van der Waals surface area contributed by atoms with Crippen molar-refractivity contribution >= 4 is 6.09 Å². The van der Waals surface area contributed by atoms with E-state index in [1.54, 1.807) is 12.0 Å². The summed E-state index contributed by atoms with van der Waals surface area (Å²) >= 11 is 0. The molecule has 3 saturated heterocycles. The lowest BCUT2D eigenvalue weighted by Crippen LogP contribution is -2.75. The highest BCUT2D eigenvalue weighted by Gasteiger charge is 2.49. The second-order valence-corrected chi connectivity index (χ2v) is 5.41. The normalized spacial score (nSPS) is 33.2. The smallest absolute Gasteiger partial charge is 0.412 e. The number of carbonyl (C=O) groups excluding carboxylic acids is 1. The fraction of sp³-hybridized carbons (Fsp3) is 0.909. The number of amides is 1. The van der Waals surface area contributed by atoms with Gasteiger partial charge in [-0.3, -0.25) is 10.2 Å². The van der Waals surface area contributed by atoms with E-state index in [1.165, 1.54) is 0 Å². The highest BCUT2D eigenvalue weighted by atomic mass is 16.6. The molecule has 2 bridgehead atoms. The van der Waals surface area contributed by atoms with Gasteiger partial charge >= 0.3 is 6.09 Å². The van der Waals surface area contributed by atoms with Gasteiger partial charge in [-0.05, 0) is 20.8 Å². The van der Waals surface area contributed by atoms with Crippen molar-refractivity contribution in [3.8, 4) is 0 Å². The molecule has 1 N–H and O–H groups in total. The fourth-order valence-corrected chi connectivity index (χ4v) is 2.24. The van der Waals surface area contributed by atoms with Crippen molar-refractivity contribution in [1.82, 2.24) is 10.2 Å². The van der Waals surface area contributed by atoms with Gasteiger partial charge in [-0.15, -0.1) is 0 Å². The number of hydrogen-bond acceptors (Lipinski definition) is 4. The van der Waals surface area contributed by atoms with E-state index in [0.29, 0.717) is 0 Å². The highest BCUT2D eigenvalue weighted by molar-refractivity contribution is 5.70. The first-order valence-electron chi connectivity index (χ1n) is 5.71. The number of nitrogens with one attached hydrogen (secondary N) is 1. The van der Waals surface area contributed by atoms with Gasteiger partial charge in [0.25, 0.3) is 0 Å². The van der Waals surface area contributed by atoms with E-state index in [4.69, 9.17) is 9.47 Å². The first kappa shape index (κ1) is 11.7. The lowest BCUT2D eigenvalue weighted by Gasteiger charge is -2.55. The molecule has 3 heterocycles. The number of hydrogen-bond donors (Lipinski definition) is 1. The van der Waals surface area contributed by atoms with E-state index in [9.17, 15) is 4.79 Å². The molecule has 0 aromatic heterocycles. The predicted molar refractivity (Wildman–Crippen MR) is 58.8 cm³/mol. The quantitative estimate of drug-likeness (QED) is 0.734. The third kappa shape index (κ3) is 2.15. The second-order valence-electron chi connectivity index (χ2n) is 5.41. The Balaban J connectivity index is 1.92. The van der Waals surface area contributed by atoms with Crippen LogP contribution in [0.3, 0.4) is 0 Å². The molecule has 3 atom stereocenters. The van der Waals surface area contributed by atoms with Crippen molar-refractivity contribution in [3.05, 3.63) is 0 Å². The molecule has 16 heavy (non-hydrogen) atoms. The van der Waals surface area contributed by atoms with Crippen LogP contribution in [-0.2, 0) is 9.47 Å². The first-order chi connectivity index (χ1) is 7.40. The van der Waals surface area contributed by atoms with Crippen LogP contribution in [0.25, 0.3) is 0 Å². The summed E-state index contributed by atoms with van der Waals surface area (Å²) in [7, 11) is 1.72. The van der Waals surface area contributed by atoms with Crippen molar-refractivity contribution in [2.45, 2.75) is 57.6 Å². The number of piperidine rings is 2. The SMILES string of the molecule is COC1C[C@@H]2N[C@H](C1)N2C(=O)OC(C)(C)C. The minimum absolute atomic E-state index is 0.0820. The van der Waals surface area contributed by atoms with Crippen LogP contribution >= 0.6 is 0 Å². The number of ether oxygens (including phenoxy) is 2. The third-order valence-electron chi connectivity index (χ3n) is 2.97. The van der Waals surface area contributed by atoms with E-state index < -0.39 is 5.60 Å². The summed E-state index contributed by atoms with van der Waals surface area (Å²) in [4.78, 5) is 13.7. The molecule has 5 heteroatoms. The van der Waals surface area contributed by atoms with Crippen LogP contribution < -0.4 is 5.32 Å². The highest BCUT2D eigenvalue weighted by Crippen LogP contribution is 2.32. The number of carbonyl (C=O) groups is 1. The van der Waals surface area contributed by atoms with Gasteiger partial charge in [0, 0.05) is 20.0 Å². The van der Waals surface area contributed by atoms with Crippen LogP contribution in [0, 0.1) is 0 Å². The van der Waals surface area contributed by atoms with Crippen LogP contribution in [0.2, 0.25) is 0 Å². The molecule has 3 fully saturated rings. The minimum atomic E-state index is -0.429. The summed E-state index contributed by atoms with van der Waals surface area (Å²) in [5, 5.41) is 3.31. The van der Waals surface area contributed by atoms with E-state index in [2.05, 4.69) is 5.32 Å². The summed E-state index contributed by atoms with van der Waals surface area (Å²) in [5.74, 6) is 0. The average Bonchev–Trinajstić information content (AvgIpc) is 2.14. The van der Waals surface area contributed by atoms with Gasteiger partial charge < -0.3 is 9.47 Å². The zero-order chi connectivity index (χ0) is 11.9.